The second kappa shape index (κ2) is 6.80. The fraction of sp³-hybridized carbons (Fsp3) is 0.778. The molecule has 120 valence electrons. The lowest BCUT2D eigenvalue weighted by Crippen LogP contribution is -2.43. The highest BCUT2D eigenvalue weighted by Gasteiger charge is 2.32. The summed E-state index contributed by atoms with van der Waals surface area (Å²) >= 11 is 1.89. The van der Waals surface area contributed by atoms with Gasteiger partial charge in [-0.15, -0.1) is 11.3 Å². The van der Waals surface area contributed by atoms with Gasteiger partial charge >= 0.3 is 0 Å². The average Bonchev–Trinajstić information content (AvgIpc) is 2.88. The lowest BCUT2D eigenvalue weighted by Gasteiger charge is -2.36. The fourth-order valence-corrected chi connectivity index (χ4v) is 4.13. The summed E-state index contributed by atoms with van der Waals surface area (Å²) in [5.74, 6) is 0.830. The number of rotatable bonds is 5. The molecule has 0 atom stereocenters. The quantitative estimate of drug-likeness (QED) is 0.841. The van der Waals surface area contributed by atoms with Crippen LogP contribution in [0.15, 0.2) is 12.1 Å². The second-order valence-corrected chi connectivity index (χ2v) is 8.86. The van der Waals surface area contributed by atoms with Gasteiger partial charge in [-0.2, -0.15) is 0 Å². The molecule has 2 N–H and O–H groups in total. The molecule has 0 spiro atoms. The second-order valence-electron chi connectivity index (χ2n) is 7.70. The van der Waals surface area contributed by atoms with Crippen LogP contribution in [0.5, 0.6) is 0 Å². The van der Waals surface area contributed by atoms with Crippen molar-refractivity contribution >= 4 is 11.3 Å². The van der Waals surface area contributed by atoms with Gasteiger partial charge in [0, 0.05) is 22.8 Å². The van der Waals surface area contributed by atoms with Crippen LogP contribution >= 0.6 is 11.3 Å². The van der Waals surface area contributed by atoms with Gasteiger partial charge in [0.05, 0.1) is 5.60 Å². The van der Waals surface area contributed by atoms with E-state index in [4.69, 9.17) is 0 Å². The largest absolute Gasteiger partial charge is 0.389 e. The third-order valence-electron chi connectivity index (χ3n) is 4.77. The standard InChI is InChI=1S/C18H31NOS/c1-5-14-8-10-18(20,11-9-14)13-19-12-15-6-7-16(21-15)17(2,3)4/h6-7,14,19-20H,5,8-13H2,1-4H3. The first kappa shape index (κ1) is 17.0. The van der Waals surface area contributed by atoms with Crippen LogP contribution in [-0.4, -0.2) is 17.3 Å². The highest BCUT2D eigenvalue weighted by Crippen LogP contribution is 2.33. The molecule has 0 bridgehead atoms. The normalized spacial score (nSPS) is 27.0. The lowest BCUT2D eigenvalue weighted by molar-refractivity contribution is -0.00876. The summed E-state index contributed by atoms with van der Waals surface area (Å²) in [6, 6.07) is 4.46. The molecule has 0 aromatic carbocycles. The first-order valence-electron chi connectivity index (χ1n) is 8.35. The third-order valence-corrected chi connectivity index (χ3v) is 6.28. The molecule has 2 rings (SSSR count). The minimum absolute atomic E-state index is 0.236. The van der Waals surface area contributed by atoms with Crippen molar-refractivity contribution in [2.45, 2.75) is 77.4 Å². The van der Waals surface area contributed by atoms with Crippen LogP contribution in [0.3, 0.4) is 0 Å². The Kier molecular flexibility index (Phi) is 5.50. The topological polar surface area (TPSA) is 32.3 Å². The van der Waals surface area contributed by atoms with Crippen molar-refractivity contribution in [3.05, 3.63) is 21.9 Å². The Labute approximate surface area is 134 Å². The van der Waals surface area contributed by atoms with E-state index in [-0.39, 0.29) is 5.41 Å². The predicted molar refractivity (Wildman–Crippen MR) is 91.9 cm³/mol. The van der Waals surface area contributed by atoms with E-state index in [0.717, 1.165) is 31.8 Å². The molecule has 0 saturated heterocycles. The van der Waals surface area contributed by atoms with Crippen LogP contribution in [0, 0.1) is 5.92 Å². The minimum Gasteiger partial charge on any atom is -0.389 e. The maximum absolute atomic E-state index is 10.6. The molecule has 1 saturated carbocycles. The van der Waals surface area contributed by atoms with E-state index in [9.17, 15) is 5.11 Å². The summed E-state index contributed by atoms with van der Waals surface area (Å²) < 4.78 is 0. The molecule has 0 aliphatic heterocycles. The maximum atomic E-state index is 10.6. The van der Waals surface area contributed by atoms with Gasteiger partial charge in [0.1, 0.15) is 0 Å². The van der Waals surface area contributed by atoms with E-state index in [0.29, 0.717) is 0 Å². The molecule has 1 aromatic rings. The summed E-state index contributed by atoms with van der Waals surface area (Å²) in [5.41, 5.74) is -0.241. The number of hydrogen-bond donors (Lipinski definition) is 2. The summed E-state index contributed by atoms with van der Waals surface area (Å²) in [7, 11) is 0. The first-order valence-corrected chi connectivity index (χ1v) is 9.16. The molecule has 2 nitrogen and oxygen atoms in total. The predicted octanol–water partition coefficient (Wildman–Crippen LogP) is 4.47. The smallest absolute Gasteiger partial charge is 0.0771 e. The van der Waals surface area contributed by atoms with Crippen molar-refractivity contribution in [1.82, 2.24) is 5.32 Å². The Morgan fingerprint density at radius 1 is 1.29 bits per heavy atom. The molecule has 0 amide bonds. The highest BCUT2D eigenvalue weighted by atomic mass is 32.1. The lowest BCUT2D eigenvalue weighted by atomic mass is 9.78. The zero-order valence-corrected chi connectivity index (χ0v) is 14.9. The molecular weight excluding hydrogens is 278 g/mol. The molecule has 1 aromatic heterocycles. The summed E-state index contributed by atoms with van der Waals surface area (Å²) in [4.78, 5) is 2.80. The SMILES string of the molecule is CCC1CCC(O)(CNCc2ccc(C(C)(C)C)s2)CC1. The number of nitrogens with one attached hydrogen (secondary N) is 1. The molecular formula is C18H31NOS. The van der Waals surface area contributed by atoms with Crippen molar-refractivity contribution in [2.24, 2.45) is 5.92 Å². The van der Waals surface area contributed by atoms with E-state index in [1.807, 2.05) is 11.3 Å². The molecule has 21 heavy (non-hydrogen) atoms. The number of aliphatic hydroxyl groups is 1. The molecule has 0 radical (unpaired) electrons. The van der Waals surface area contributed by atoms with Gasteiger partial charge in [0.25, 0.3) is 0 Å². The first-order chi connectivity index (χ1) is 9.82. The van der Waals surface area contributed by atoms with Gasteiger partial charge in [-0.25, -0.2) is 0 Å². The van der Waals surface area contributed by atoms with E-state index in [1.54, 1.807) is 0 Å². The van der Waals surface area contributed by atoms with Gasteiger partial charge in [0.2, 0.25) is 0 Å². The monoisotopic (exact) mass is 309 g/mol. The highest BCUT2D eigenvalue weighted by molar-refractivity contribution is 7.12. The van der Waals surface area contributed by atoms with Crippen LogP contribution in [0.1, 0.15) is 69.6 Å². The molecule has 1 aliphatic rings. The van der Waals surface area contributed by atoms with Crippen molar-refractivity contribution in [3.8, 4) is 0 Å². The number of hydrogen-bond acceptors (Lipinski definition) is 3. The van der Waals surface area contributed by atoms with Crippen molar-refractivity contribution in [2.75, 3.05) is 6.54 Å². The molecule has 0 unspecified atom stereocenters. The Morgan fingerprint density at radius 3 is 2.48 bits per heavy atom. The van der Waals surface area contributed by atoms with E-state index in [2.05, 4.69) is 45.1 Å². The Bertz CT molecular complexity index is 438. The average molecular weight is 310 g/mol. The van der Waals surface area contributed by atoms with Crippen molar-refractivity contribution < 1.29 is 5.11 Å². The minimum atomic E-state index is -0.476. The molecule has 1 aliphatic carbocycles. The van der Waals surface area contributed by atoms with Crippen molar-refractivity contribution in [3.63, 3.8) is 0 Å². The third kappa shape index (κ3) is 4.80. The summed E-state index contributed by atoms with van der Waals surface area (Å²) in [6.45, 7) is 10.6. The summed E-state index contributed by atoms with van der Waals surface area (Å²) in [5, 5.41) is 14.1. The van der Waals surface area contributed by atoms with E-state index >= 15 is 0 Å². The van der Waals surface area contributed by atoms with Crippen LogP contribution in [0.25, 0.3) is 0 Å². The zero-order valence-electron chi connectivity index (χ0n) is 14.0. The van der Waals surface area contributed by atoms with Crippen LogP contribution < -0.4 is 5.32 Å². The van der Waals surface area contributed by atoms with E-state index in [1.165, 1.54) is 29.0 Å². The Hall–Kier alpha value is -0.380. The molecule has 3 heteroatoms. The van der Waals surface area contributed by atoms with E-state index < -0.39 is 5.60 Å². The van der Waals surface area contributed by atoms with Crippen LogP contribution in [0.4, 0.5) is 0 Å². The Morgan fingerprint density at radius 2 is 1.95 bits per heavy atom. The Balaban J connectivity index is 1.78. The van der Waals surface area contributed by atoms with Crippen molar-refractivity contribution in [1.29, 1.82) is 0 Å². The molecule has 1 heterocycles. The van der Waals surface area contributed by atoms with Gasteiger partial charge in [-0.3, -0.25) is 0 Å². The molecule has 1 fully saturated rings. The maximum Gasteiger partial charge on any atom is 0.0771 e. The van der Waals surface area contributed by atoms with Gasteiger partial charge in [0.15, 0.2) is 0 Å². The van der Waals surface area contributed by atoms with Crippen LogP contribution in [0.2, 0.25) is 0 Å². The fourth-order valence-electron chi connectivity index (χ4n) is 3.09. The van der Waals surface area contributed by atoms with Gasteiger partial charge in [-0.1, -0.05) is 34.1 Å². The zero-order chi connectivity index (χ0) is 15.5. The summed E-state index contributed by atoms with van der Waals surface area (Å²) in [6.07, 6.45) is 5.53. The van der Waals surface area contributed by atoms with Crippen LogP contribution in [-0.2, 0) is 12.0 Å². The number of thiophene rings is 1. The van der Waals surface area contributed by atoms with Gasteiger partial charge < -0.3 is 10.4 Å². The van der Waals surface area contributed by atoms with Gasteiger partial charge in [-0.05, 0) is 49.1 Å².